The fourth-order valence-electron chi connectivity index (χ4n) is 2.26. The molecule has 0 aliphatic heterocycles. The molecule has 0 bridgehead atoms. The first-order valence-corrected chi connectivity index (χ1v) is 6.04. The molecule has 2 heterocycles. The molecule has 0 aliphatic rings. The molecule has 0 amide bonds. The van der Waals surface area contributed by atoms with Crippen molar-refractivity contribution in [1.82, 2.24) is 9.97 Å². The molecule has 20 heavy (non-hydrogen) atoms. The van der Waals surface area contributed by atoms with Crippen molar-refractivity contribution in [3.63, 3.8) is 0 Å². The van der Waals surface area contributed by atoms with Gasteiger partial charge in [-0.3, -0.25) is 4.98 Å². The molecule has 0 radical (unpaired) electrons. The maximum atomic E-state index is 11.1. The number of hydrogen-bond acceptors (Lipinski definition) is 3. The first-order valence-electron chi connectivity index (χ1n) is 6.04. The van der Waals surface area contributed by atoms with Gasteiger partial charge in [0.15, 0.2) is 0 Å². The zero-order chi connectivity index (χ0) is 14.1. The van der Waals surface area contributed by atoms with Gasteiger partial charge >= 0.3 is 5.97 Å². The summed E-state index contributed by atoms with van der Waals surface area (Å²) in [5, 5.41) is 9.94. The normalized spacial score (nSPS) is 10.7. The lowest BCUT2D eigenvalue weighted by atomic mass is 10.0. The molecule has 0 aliphatic carbocycles. The highest BCUT2D eigenvalue weighted by atomic mass is 16.5. The van der Waals surface area contributed by atoms with Gasteiger partial charge in [0.2, 0.25) is 0 Å². The van der Waals surface area contributed by atoms with Gasteiger partial charge in [-0.25, -0.2) is 4.79 Å². The summed E-state index contributed by atoms with van der Waals surface area (Å²) < 4.78 is 5.27. The van der Waals surface area contributed by atoms with Crippen LogP contribution in [0.3, 0.4) is 0 Å². The van der Waals surface area contributed by atoms with Gasteiger partial charge in [-0.1, -0.05) is 0 Å². The van der Waals surface area contributed by atoms with Crippen LogP contribution >= 0.6 is 0 Å². The highest BCUT2D eigenvalue weighted by Gasteiger charge is 2.14. The molecule has 0 unspecified atom stereocenters. The zero-order valence-corrected chi connectivity index (χ0v) is 10.8. The molecule has 5 heteroatoms. The van der Waals surface area contributed by atoms with Gasteiger partial charge in [0.05, 0.1) is 12.6 Å². The van der Waals surface area contributed by atoms with E-state index in [1.165, 1.54) is 0 Å². The minimum absolute atomic E-state index is 0.139. The number of rotatable bonds is 3. The van der Waals surface area contributed by atoms with E-state index in [-0.39, 0.29) is 5.69 Å². The summed E-state index contributed by atoms with van der Waals surface area (Å²) in [6.07, 6.45) is 3.41. The maximum Gasteiger partial charge on any atom is 0.352 e. The second kappa shape index (κ2) is 4.70. The van der Waals surface area contributed by atoms with E-state index >= 15 is 0 Å². The molecule has 2 N–H and O–H groups in total. The molecule has 0 saturated carbocycles. The Morgan fingerprint density at radius 2 is 2.00 bits per heavy atom. The summed E-state index contributed by atoms with van der Waals surface area (Å²) in [4.78, 5) is 18.0. The van der Waals surface area contributed by atoms with Crippen molar-refractivity contribution in [2.75, 3.05) is 7.11 Å². The van der Waals surface area contributed by atoms with Crippen LogP contribution in [0.25, 0.3) is 22.0 Å². The van der Waals surface area contributed by atoms with Crippen LogP contribution in [0.1, 0.15) is 10.5 Å². The number of aromatic amines is 1. The van der Waals surface area contributed by atoms with E-state index in [1.807, 2.05) is 24.3 Å². The Labute approximate surface area is 114 Å². The largest absolute Gasteiger partial charge is 0.495 e. The van der Waals surface area contributed by atoms with Crippen LogP contribution in [-0.4, -0.2) is 28.2 Å². The molecular formula is C15H12N2O3. The van der Waals surface area contributed by atoms with E-state index in [0.29, 0.717) is 11.3 Å². The first kappa shape index (κ1) is 12.2. The molecule has 0 fully saturated rings. The summed E-state index contributed by atoms with van der Waals surface area (Å²) in [6.45, 7) is 0. The van der Waals surface area contributed by atoms with Crippen LogP contribution in [0.5, 0.6) is 5.75 Å². The van der Waals surface area contributed by atoms with Gasteiger partial charge in [-0.2, -0.15) is 0 Å². The summed E-state index contributed by atoms with van der Waals surface area (Å²) in [5.74, 6) is -0.380. The Balaban J connectivity index is 2.31. The van der Waals surface area contributed by atoms with Gasteiger partial charge in [0.25, 0.3) is 0 Å². The zero-order valence-electron chi connectivity index (χ0n) is 10.8. The lowest BCUT2D eigenvalue weighted by Crippen LogP contribution is -1.95. The average molecular weight is 268 g/mol. The molecule has 3 aromatic rings. The number of hydrogen-bond donors (Lipinski definition) is 2. The highest BCUT2D eigenvalue weighted by molar-refractivity contribution is 6.03. The number of ether oxygens (including phenoxy) is 1. The number of carbonyl (C=O) groups is 1. The number of carboxylic acid groups (broad SMARTS) is 1. The highest BCUT2D eigenvalue weighted by Crippen LogP contribution is 2.34. The topological polar surface area (TPSA) is 75.2 Å². The van der Waals surface area contributed by atoms with E-state index in [9.17, 15) is 4.79 Å². The lowest BCUT2D eigenvalue weighted by Gasteiger charge is -2.06. The number of H-pyrrole nitrogens is 1. The van der Waals surface area contributed by atoms with Crippen molar-refractivity contribution in [3.05, 3.63) is 48.4 Å². The maximum absolute atomic E-state index is 11.1. The number of aromatic nitrogens is 2. The molecule has 1 aromatic carbocycles. The van der Waals surface area contributed by atoms with E-state index in [2.05, 4.69) is 9.97 Å². The number of benzene rings is 1. The van der Waals surface area contributed by atoms with Crippen molar-refractivity contribution in [1.29, 1.82) is 0 Å². The number of nitrogens with zero attached hydrogens (tertiary/aromatic N) is 1. The van der Waals surface area contributed by atoms with Crippen LogP contribution in [0.15, 0.2) is 42.7 Å². The standard InChI is InChI=1S/C15H12N2O3/c1-20-13-3-2-10(9-4-6-16-7-5-9)11-8-12(15(18)19)17-14(11)13/h2-8,17H,1H3,(H,18,19). The Hall–Kier alpha value is -2.82. The Kier molecular flexibility index (Phi) is 2.87. The van der Waals surface area contributed by atoms with Crippen LogP contribution in [-0.2, 0) is 0 Å². The number of carboxylic acids is 1. The van der Waals surface area contributed by atoms with Crippen molar-refractivity contribution >= 4 is 16.9 Å². The first-order chi connectivity index (χ1) is 9.70. The Bertz CT molecular complexity index is 778. The molecule has 3 rings (SSSR count). The molecule has 100 valence electrons. The van der Waals surface area contributed by atoms with Gasteiger partial charge in [0.1, 0.15) is 11.4 Å². The van der Waals surface area contributed by atoms with Crippen LogP contribution in [0.4, 0.5) is 0 Å². The van der Waals surface area contributed by atoms with Gasteiger partial charge in [0, 0.05) is 17.8 Å². The average Bonchev–Trinajstić information content (AvgIpc) is 2.92. The Morgan fingerprint density at radius 1 is 1.25 bits per heavy atom. The number of aromatic carboxylic acids is 1. The summed E-state index contributed by atoms with van der Waals surface area (Å²) in [5.41, 5.74) is 2.73. The minimum Gasteiger partial charge on any atom is -0.495 e. The number of nitrogens with one attached hydrogen (secondary N) is 1. The van der Waals surface area contributed by atoms with E-state index < -0.39 is 5.97 Å². The smallest absolute Gasteiger partial charge is 0.352 e. The van der Waals surface area contributed by atoms with Gasteiger partial charge in [-0.05, 0) is 41.5 Å². The lowest BCUT2D eigenvalue weighted by molar-refractivity contribution is 0.0691. The molecular weight excluding hydrogens is 256 g/mol. The third-order valence-electron chi connectivity index (χ3n) is 3.20. The molecule has 0 spiro atoms. The molecule has 0 atom stereocenters. The van der Waals surface area contributed by atoms with E-state index in [0.717, 1.165) is 16.5 Å². The number of methoxy groups -OCH3 is 1. The second-order valence-electron chi connectivity index (χ2n) is 4.33. The monoisotopic (exact) mass is 268 g/mol. The number of fused-ring (bicyclic) bond motifs is 1. The summed E-state index contributed by atoms with van der Waals surface area (Å²) in [6, 6.07) is 9.12. The minimum atomic E-state index is -0.996. The molecule has 2 aromatic heterocycles. The van der Waals surface area contributed by atoms with Crippen molar-refractivity contribution in [3.8, 4) is 16.9 Å². The summed E-state index contributed by atoms with van der Waals surface area (Å²) >= 11 is 0. The Morgan fingerprint density at radius 3 is 2.65 bits per heavy atom. The predicted molar refractivity (Wildman–Crippen MR) is 75.0 cm³/mol. The third kappa shape index (κ3) is 1.89. The molecule has 5 nitrogen and oxygen atoms in total. The SMILES string of the molecule is COc1ccc(-c2ccncc2)c2cc(C(=O)O)[nH]c12. The summed E-state index contributed by atoms with van der Waals surface area (Å²) in [7, 11) is 1.56. The van der Waals surface area contributed by atoms with Crippen LogP contribution < -0.4 is 4.74 Å². The van der Waals surface area contributed by atoms with E-state index in [4.69, 9.17) is 9.84 Å². The quantitative estimate of drug-likeness (QED) is 0.765. The van der Waals surface area contributed by atoms with Crippen LogP contribution in [0.2, 0.25) is 0 Å². The molecule has 0 saturated heterocycles. The van der Waals surface area contributed by atoms with Crippen molar-refractivity contribution in [2.45, 2.75) is 0 Å². The number of pyridine rings is 1. The van der Waals surface area contributed by atoms with Crippen molar-refractivity contribution < 1.29 is 14.6 Å². The van der Waals surface area contributed by atoms with Crippen molar-refractivity contribution in [2.24, 2.45) is 0 Å². The van der Waals surface area contributed by atoms with E-state index in [1.54, 1.807) is 25.6 Å². The predicted octanol–water partition coefficient (Wildman–Crippen LogP) is 2.94. The van der Waals surface area contributed by atoms with Gasteiger partial charge < -0.3 is 14.8 Å². The van der Waals surface area contributed by atoms with Gasteiger partial charge in [-0.15, -0.1) is 0 Å². The fraction of sp³-hybridized carbons (Fsp3) is 0.0667. The third-order valence-corrected chi connectivity index (χ3v) is 3.20. The fourth-order valence-corrected chi connectivity index (χ4v) is 2.26. The van der Waals surface area contributed by atoms with Crippen LogP contribution in [0, 0.1) is 0 Å². The second-order valence-corrected chi connectivity index (χ2v) is 4.33.